The van der Waals surface area contributed by atoms with E-state index in [4.69, 9.17) is 11.6 Å². The van der Waals surface area contributed by atoms with Gasteiger partial charge in [0.05, 0.1) is 20.8 Å². The lowest BCUT2D eigenvalue weighted by molar-refractivity contribution is -0.384. The first-order chi connectivity index (χ1) is 16.7. The van der Waals surface area contributed by atoms with Crippen molar-refractivity contribution in [3.05, 3.63) is 81.1 Å². The van der Waals surface area contributed by atoms with Crippen molar-refractivity contribution in [1.29, 1.82) is 0 Å². The maximum absolute atomic E-state index is 13.4. The molecule has 4 rings (SSSR count). The number of benzene rings is 2. The van der Waals surface area contributed by atoms with Crippen LogP contribution in [0.15, 0.2) is 59.8 Å². The molecule has 0 saturated heterocycles. The number of non-ortho nitro benzene ring substituents is 1. The van der Waals surface area contributed by atoms with Gasteiger partial charge in [-0.05, 0) is 36.1 Å². The largest absolute Gasteiger partial charge is 0.367 e. The number of rotatable bonds is 7. The minimum Gasteiger partial charge on any atom is -0.367 e. The SMILES string of the molecule is CS[C@@H]1N[C@H](S(=O)(=O)c2ccc([N+](=O)[O-])cc2)CNc2ncnc(N(C)Cc3ccc(Cl)cc3)c21. The molecular weight excluding hydrogens is 512 g/mol. The van der Waals surface area contributed by atoms with E-state index in [-0.39, 0.29) is 17.1 Å². The van der Waals surface area contributed by atoms with Crippen LogP contribution in [0.3, 0.4) is 0 Å². The third-order valence-corrected chi connectivity index (χ3v) is 8.67. The molecule has 0 radical (unpaired) electrons. The van der Waals surface area contributed by atoms with E-state index in [1.165, 1.54) is 42.4 Å². The maximum Gasteiger partial charge on any atom is 0.269 e. The Hall–Kier alpha value is -2.93. The summed E-state index contributed by atoms with van der Waals surface area (Å²) in [5, 5.41) is 16.5. The first-order valence-corrected chi connectivity index (χ1v) is 13.7. The molecule has 0 fully saturated rings. The standard InChI is InChI=1S/C22H23ClN6O4S2/c1-28(12-14-3-5-15(23)6-4-14)21-19-20(25-13-26-21)24-11-18(27-22(19)34-2)35(32,33)17-9-7-16(8-10-17)29(30)31/h3-10,13,18,22,27H,11-12H2,1-2H3,(H,24,25,26)/t18-,22+/m1/s1. The summed E-state index contributed by atoms with van der Waals surface area (Å²) in [4.78, 5) is 21.2. The molecule has 1 aromatic heterocycles. The van der Waals surface area contributed by atoms with E-state index < -0.39 is 25.5 Å². The number of hydrogen-bond donors (Lipinski definition) is 2. The zero-order valence-electron chi connectivity index (χ0n) is 18.9. The predicted molar refractivity (Wildman–Crippen MR) is 138 cm³/mol. The Morgan fingerprint density at radius 2 is 1.86 bits per heavy atom. The number of nitrogens with zero attached hydrogens (tertiary/aromatic N) is 4. The van der Waals surface area contributed by atoms with Gasteiger partial charge >= 0.3 is 0 Å². The molecule has 0 aliphatic carbocycles. The number of thioether (sulfide) groups is 1. The highest BCUT2D eigenvalue weighted by Crippen LogP contribution is 2.38. The van der Waals surface area contributed by atoms with Crippen molar-refractivity contribution >= 4 is 50.5 Å². The molecule has 13 heteroatoms. The molecule has 1 aliphatic heterocycles. The molecule has 184 valence electrons. The molecule has 1 aliphatic rings. The number of nitro benzene ring substituents is 1. The number of aromatic nitrogens is 2. The van der Waals surface area contributed by atoms with Crippen LogP contribution in [0, 0.1) is 10.1 Å². The van der Waals surface area contributed by atoms with Crippen molar-refractivity contribution in [3.8, 4) is 0 Å². The van der Waals surface area contributed by atoms with Gasteiger partial charge in [-0.15, -0.1) is 11.8 Å². The number of nitro groups is 1. The van der Waals surface area contributed by atoms with Crippen LogP contribution in [0.4, 0.5) is 17.3 Å². The molecule has 0 saturated carbocycles. The zero-order valence-corrected chi connectivity index (χ0v) is 21.3. The van der Waals surface area contributed by atoms with Crippen molar-refractivity contribution in [1.82, 2.24) is 15.3 Å². The molecule has 0 bridgehead atoms. The van der Waals surface area contributed by atoms with E-state index in [1.54, 1.807) is 0 Å². The Morgan fingerprint density at radius 3 is 2.49 bits per heavy atom. The molecule has 35 heavy (non-hydrogen) atoms. The van der Waals surface area contributed by atoms with E-state index in [1.807, 2.05) is 42.5 Å². The van der Waals surface area contributed by atoms with Crippen LogP contribution >= 0.6 is 23.4 Å². The van der Waals surface area contributed by atoms with Gasteiger partial charge in [0, 0.05) is 37.3 Å². The molecule has 10 nitrogen and oxygen atoms in total. The molecular formula is C22H23ClN6O4S2. The van der Waals surface area contributed by atoms with Gasteiger partial charge in [-0.3, -0.25) is 15.4 Å². The van der Waals surface area contributed by atoms with Gasteiger partial charge in [0.2, 0.25) is 0 Å². The van der Waals surface area contributed by atoms with Gasteiger partial charge < -0.3 is 10.2 Å². The Kier molecular flexibility index (Phi) is 7.45. The van der Waals surface area contributed by atoms with Gasteiger partial charge in [0.15, 0.2) is 9.84 Å². The minimum atomic E-state index is -3.86. The summed E-state index contributed by atoms with van der Waals surface area (Å²) in [6, 6.07) is 12.4. The molecule has 2 heterocycles. The number of sulfone groups is 1. The normalized spacial score (nSPS) is 17.7. The predicted octanol–water partition coefficient (Wildman–Crippen LogP) is 3.85. The van der Waals surface area contributed by atoms with Crippen LogP contribution in [-0.2, 0) is 16.4 Å². The van der Waals surface area contributed by atoms with Crippen molar-refractivity contribution in [3.63, 3.8) is 0 Å². The Morgan fingerprint density at radius 1 is 1.17 bits per heavy atom. The highest BCUT2D eigenvalue weighted by molar-refractivity contribution is 7.98. The highest BCUT2D eigenvalue weighted by Gasteiger charge is 2.35. The summed E-state index contributed by atoms with van der Waals surface area (Å²) in [7, 11) is -1.95. The average molecular weight is 535 g/mol. The molecule has 2 N–H and O–H groups in total. The summed E-state index contributed by atoms with van der Waals surface area (Å²) >= 11 is 7.43. The molecule has 0 amide bonds. The number of fused-ring (bicyclic) bond motifs is 1. The summed E-state index contributed by atoms with van der Waals surface area (Å²) in [6.45, 7) is 0.618. The molecule has 2 aromatic carbocycles. The first-order valence-electron chi connectivity index (χ1n) is 10.5. The topological polar surface area (TPSA) is 130 Å². The quantitative estimate of drug-likeness (QED) is 0.340. The smallest absolute Gasteiger partial charge is 0.269 e. The highest BCUT2D eigenvalue weighted by atomic mass is 35.5. The minimum absolute atomic E-state index is 0.000580. The van der Waals surface area contributed by atoms with Crippen LogP contribution < -0.4 is 15.5 Å². The van der Waals surface area contributed by atoms with Crippen LogP contribution in [0.5, 0.6) is 0 Å². The first kappa shape index (κ1) is 25.2. The molecule has 0 unspecified atom stereocenters. The third-order valence-electron chi connectivity index (χ3n) is 5.60. The van der Waals surface area contributed by atoms with Crippen molar-refractivity contribution in [2.75, 3.05) is 30.1 Å². The molecule has 0 spiro atoms. The monoisotopic (exact) mass is 534 g/mol. The summed E-state index contributed by atoms with van der Waals surface area (Å²) in [5.74, 6) is 1.21. The third kappa shape index (κ3) is 5.35. The Bertz CT molecular complexity index is 1320. The van der Waals surface area contributed by atoms with Crippen molar-refractivity contribution in [2.24, 2.45) is 0 Å². The maximum atomic E-state index is 13.4. The van der Waals surface area contributed by atoms with E-state index in [2.05, 4.69) is 20.6 Å². The summed E-state index contributed by atoms with van der Waals surface area (Å²) in [5.41, 5.74) is 1.62. The molecule has 3 aromatic rings. The lowest BCUT2D eigenvalue weighted by Crippen LogP contribution is -2.41. The fourth-order valence-corrected chi connectivity index (χ4v) is 6.25. The van der Waals surface area contributed by atoms with Crippen LogP contribution in [0.25, 0.3) is 0 Å². The van der Waals surface area contributed by atoms with Gasteiger partial charge in [0.25, 0.3) is 5.69 Å². The Balaban J connectivity index is 1.63. The number of halogens is 1. The van der Waals surface area contributed by atoms with Crippen LogP contribution in [-0.4, -0.2) is 48.5 Å². The van der Waals surface area contributed by atoms with E-state index in [9.17, 15) is 18.5 Å². The zero-order chi connectivity index (χ0) is 25.2. The lowest BCUT2D eigenvalue weighted by Gasteiger charge is -2.26. The summed E-state index contributed by atoms with van der Waals surface area (Å²) < 4.78 is 26.8. The second kappa shape index (κ2) is 10.4. The van der Waals surface area contributed by atoms with Gasteiger partial charge in [-0.1, -0.05) is 23.7 Å². The summed E-state index contributed by atoms with van der Waals surface area (Å²) in [6.07, 6.45) is 3.32. The van der Waals surface area contributed by atoms with Gasteiger partial charge in [0.1, 0.15) is 23.3 Å². The van der Waals surface area contributed by atoms with Crippen LogP contribution in [0.1, 0.15) is 16.5 Å². The van der Waals surface area contributed by atoms with Gasteiger partial charge in [-0.25, -0.2) is 18.4 Å². The lowest BCUT2D eigenvalue weighted by atomic mass is 10.2. The van der Waals surface area contributed by atoms with E-state index in [0.29, 0.717) is 23.2 Å². The van der Waals surface area contributed by atoms with Crippen LogP contribution in [0.2, 0.25) is 5.02 Å². The van der Waals surface area contributed by atoms with Gasteiger partial charge in [-0.2, -0.15) is 0 Å². The number of anilines is 2. The van der Waals surface area contributed by atoms with Crippen molar-refractivity contribution < 1.29 is 13.3 Å². The fourth-order valence-electron chi connectivity index (χ4n) is 3.82. The Labute approximate surface area is 212 Å². The second-order valence-electron chi connectivity index (χ2n) is 7.89. The number of hydrogen-bond acceptors (Lipinski definition) is 10. The second-order valence-corrected chi connectivity index (χ2v) is 11.4. The molecule has 2 atom stereocenters. The number of nitrogens with one attached hydrogen (secondary N) is 2. The van der Waals surface area contributed by atoms with E-state index >= 15 is 0 Å². The van der Waals surface area contributed by atoms with E-state index in [0.717, 1.165) is 11.1 Å². The average Bonchev–Trinajstić information content (AvgIpc) is 3.05. The van der Waals surface area contributed by atoms with Crippen molar-refractivity contribution in [2.45, 2.75) is 22.2 Å². The fraction of sp³-hybridized carbons (Fsp3) is 0.273.